The highest BCUT2D eigenvalue weighted by Crippen LogP contribution is 2.39. The maximum atomic E-state index is 12.8. The maximum absolute atomic E-state index is 12.8. The molecule has 0 saturated heterocycles. The maximum Gasteiger partial charge on any atom is 0.271 e. The molecule has 0 atom stereocenters. The molecule has 0 aromatic heterocycles. The lowest BCUT2D eigenvalue weighted by molar-refractivity contribution is 0.0955. The number of ether oxygens (including phenoxy) is 6. The Balaban J connectivity index is 1.76. The van der Waals surface area contributed by atoms with Crippen LogP contribution in [0.4, 0.5) is 5.69 Å². The van der Waals surface area contributed by atoms with E-state index >= 15 is 0 Å². The Hall–Kier alpha value is -4.93. The van der Waals surface area contributed by atoms with Crippen LogP contribution in [-0.4, -0.2) is 60.0 Å². The van der Waals surface area contributed by atoms with Gasteiger partial charge in [-0.05, 0) is 56.3 Å². The highest BCUT2D eigenvalue weighted by atomic mass is 16.5. The molecule has 0 unspecified atom stereocenters. The van der Waals surface area contributed by atoms with Gasteiger partial charge in [-0.15, -0.1) is 0 Å². The van der Waals surface area contributed by atoms with E-state index in [0.29, 0.717) is 62.7 Å². The molecule has 0 aliphatic heterocycles. The van der Waals surface area contributed by atoms with Gasteiger partial charge < -0.3 is 28.4 Å². The lowest BCUT2D eigenvalue weighted by Gasteiger charge is -2.14. The lowest BCUT2D eigenvalue weighted by atomic mass is 10.1. The quantitative estimate of drug-likeness (QED) is 0.245. The fourth-order valence-corrected chi connectivity index (χ4v) is 3.79. The molecule has 11 nitrogen and oxygen atoms in total. The molecule has 0 heterocycles. The summed E-state index contributed by atoms with van der Waals surface area (Å²) in [6.45, 7) is 3.60. The van der Waals surface area contributed by atoms with Crippen LogP contribution in [0.1, 0.15) is 35.3 Å². The number of nitrogens with zero attached hydrogens (tertiary/aromatic N) is 2. The fourth-order valence-electron chi connectivity index (χ4n) is 3.79. The molecule has 212 valence electrons. The summed E-state index contributed by atoms with van der Waals surface area (Å²) in [5.41, 5.74) is 9.27. The van der Waals surface area contributed by atoms with Gasteiger partial charge in [-0.25, -0.2) is 5.43 Å². The van der Waals surface area contributed by atoms with E-state index in [1.54, 1.807) is 76.8 Å². The van der Waals surface area contributed by atoms with Crippen molar-refractivity contribution < 1.29 is 33.2 Å². The first kappa shape index (κ1) is 29.6. The Bertz CT molecular complexity index is 1370. The minimum absolute atomic E-state index is 0.388. The van der Waals surface area contributed by atoms with E-state index in [0.717, 1.165) is 5.56 Å². The molecule has 0 aliphatic carbocycles. The topological polar surface area (TPSA) is 121 Å². The zero-order valence-corrected chi connectivity index (χ0v) is 23.9. The molecular formula is C29H34N4O7. The molecule has 0 bridgehead atoms. The standard InChI is InChI=1S/C29H34N4O7/c1-17(20-13-23(35-3)27(39-7)24(14-20)36-4)30-32-22-11-9-10-19(12-22)29(34)33-31-18(2)21-15-25(37-5)28(40-8)26(16-21)38-6/h9-16,32H,1-8H3,(H,33,34). The van der Waals surface area contributed by atoms with Crippen LogP contribution in [0, 0.1) is 0 Å². The molecule has 0 radical (unpaired) electrons. The smallest absolute Gasteiger partial charge is 0.271 e. The van der Waals surface area contributed by atoms with Crippen LogP contribution in [0.5, 0.6) is 34.5 Å². The number of carbonyl (C=O) groups is 1. The highest BCUT2D eigenvalue weighted by Gasteiger charge is 2.16. The number of methoxy groups -OCH3 is 6. The molecule has 0 saturated carbocycles. The Labute approximate surface area is 233 Å². The van der Waals surface area contributed by atoms with Crippen molar-refractivity contribution in [3.8, 4) is 34.5 Å². The van der Waals surface area contributed by atoms with Gasteiger partial charge in [0.1, 0.15) is 0 Å². The summed E-state index contributed by atoms with van der Waals surface area (Å²) < 4.78 is 32.4. The number of benzene rings is 3. The SMILES string of the molecule is COc1cc(C(C)=NNC(=O)c2cccc(NN=C(C)c3cc(OC)c(OC)c(OC)c3)c2)cc(OC)c1OC. The first-order valence-corrected chi connectivity index (χ1v) is 12.2. The van der Waals surface area contributed by atoms with Gasteiger partial charge in [-0.2, -0.15) is 10.2 Å². The molecule has 3 aromatic carbocycles. The summed E-state index contributed by atoms with van der Waals surface area (Å²) in [4.78, 5) is 12.8. The number of carbonyl (C=O) groups excluding carboxylic acids is 1. The van der Waals surface area contributed by atoms with Gasteiger partial charge in [0.15, 0.2) is 23.0 Å². The van der Waals surface area contributed by atoms with E-state index in [4.69, 9.17) is 28.4 Å². The first-order chi connectivity index (χ1) is 19.3. The van der Waals surface area contributed by atoms with Gasteiger partial charge in [0.25, 0.3) is 5.91 Å². The summed E-state index contributed by atoms with van der Waals surface area (Å²) in [6, 6.07) is 14.0. The number of hydrogen-bond donors (Lipinski definition) is 2. The molecule has 0 fully saturated rings. The fraction of sp³-hybridized carbons (Fsp3) is 0.276. The normalized spacial score (nSPS) is 11.4. The van der Waals surface area contributed by atoms with Crippen molar-refractivity contribution in [2.45, 2.75) is 13.8 Å². The monoisotopic (exact) mass is 550 g/mol. The van der Waals surface area contributed by atoms with Crippen molar-refractivity contribution in [3.63, 3.8) is 0 Å². The van der Waals surface area contributed by atoms with Crippen LogP contribution in [0.15, 0.2) is 58.7 Å². The van der Waals surface area contributed by atoms with Crippen LogP contribution < -0.4 is 39.3 Å². The molecule has 2 N–H and O–H groups in total. The molecule has 11 heteroatoms. The summed E-state index contributed by atoms with van der Waals surface area (Å²) in [5.74, 6) is 2.59. The summed E-state index contributed by atoms with van der Waals surface area (Å²) in [5, 5.41) is 8.70. The van der Waals surface area contributed by atoms with E-state index in [1.807, 2.05) is 6.92 Å². The Morgan fingerprint density at radius 2 is 1.05 bits per heavy atom. The van der Waals surface area contributed by atoms with Crippen molar-refractivity contribution in [1.29, 1.82) is 0 Å². The minimum Gasteiger partial charge on any atom is -0.493 e. The van der Waals surface area contributed by atoms with Gasteiger partial charge in [-0.1, -0.05) is 6.07 Å². The van der Waals surface area contributed by atoms with E-state index < -0.39 is 0 Å². The number of rotatable bonds is 12. The number of hydrogen-bond acceptors (Lipinski definition) is 10. The van der Waals surface area contributed by atoms with Crippen LogP contribution in [0.2, 0.25) is 0 Å². The molecular weight excluding hydrogens is 516 g/mol. The van der Waals surface area contributed by atoms with Crippen LogP contribution >= 0.6 is 0 Å². The third kappa shape index (κ3) is 6.73. The molecule has 40 heavy (non-hydrogen) atoms. The van der Waals surface area contributed by atoms with Crippen molar-refractivity contribution in [2.24, 2.45) is 10.2 Å². The Morgan fingerprint density at radius 1 is 0.600 bits per heavy atom. The van der Waals surface area contributed by atoms with Crippen molar-refractivity contribution in [3.05, 3.63) is 65.2 Å². The van der Waals surface area contributed by atoms with Crippen LogP contribution in [-0.2, 0) is 0 Å². The van der Waals surface area contributed by atoms with Gasteiger partial charge >= 0.3 is 0 Å². The predicted octanol–water partition coefficient (Wildman–Crippen LogP) is 4.73. The average Bonchev–Trinajstić information content (AvgIpc) is 3.00. The summed E-state index contributed by atoms with van der Waals surface area (Å²) in [6.07, 6.45) is 0. The van der Waals surface area contributed by atoms with Crippen molar-refractivity contribution in [1.82, 2.24) is 5.43 Å². The number of hydrazone groups is 2. The third-order valence-corrected chi connectivity index (χ3v) is 5.97. The van der Waals surface area contributed by atoms with E-state index in [1.165, 1.54) is 21.3 Å². The van der Waals surface area contributed by atoms with E-state index in [2.05, 4.69) is 21.1 Å². The molecule has 3 rings (SSSR count). The number of nitrogens with one attached hydrogen (secondary N) is 2. The lowest BCUT2D eigenvalue weighted by Crippen LogP contribution is -2.19. The van der Waals surface area contributed by atoms with Gasteiger partial charge in [0, 0.05) is 16.7 Å². The second-order valence-corrected chi connectivity index (χ2v) is 8.36. The summed E-state index contributed by atoms with van der Waals surface area (Å²) >= 11 is 0. The van der Waals surface area contributed by atoms with E-state index in [9.17, 15) is 4.79 Å². The minimum atomic E-state index is -0.388. The van der Waals surface area contributed by atoms with Crippen LogP contribution in [0.25, 0.3) is 0 Å². The zero-order valence-electron chi connectivity index (χ0n) is 23.9. The molecule has 1 amide bonds. The van der Waals surface area contributed by atoms with Crippen molar-refractivity contribution in [2.75, 3.05) is 48.1 Å². The Morgan fingerprint density at radius 3 is 1.48 bits per heavy atom. The number of anilines is 1. The number of amides is 1. The molecule has 3 aromatic rings. The first-order valence-electron chi connectivity index (χ1n) is 12.2. The van der Waals surface area contributed by atoms with Crippen LogP contribution in [0.3, 0.4) is 0 Å². The largest absolute Gasteiger partial charge is 0.493 e. The highest BCUT2D eigenvalue weighted by molar-refractivity contribution is 6.02. The average molecular weight is 551 g/mol. The summed E-state index contributed by atoms with van der Waals surface area (Å²) in [7, 11) is 9.26. The van der Waals surface area contributed by atoms with E-state index in [-0.39, 0.29) is 5.91 Å². The van der Waals surface area contributed by atoms with Gasteiger partial charge in [0.2, 0.25) is 11.5 Å². The molecule has 0 spiro atoms. The Kier molecular flexibility index (Phi) is 10.2. The third-order valence-electron chi connectivity index (χ3n) is 5.97. The predicted molar refractivity (Wildman–Crippen MR) is 154 cm³/mol. The van der Waals surface area contributed by atoms with Crippen molar-refractivity contribution >= 4 is 23.0 Å². The second-order valence-electron chi connectivity index (χ2n) is 8.36. The van der Waals surface area contributed by atoms with Gasteiger partial charge in [0.05, 0.1) is 59.8 Å². The van der Waals surface area contributed by atoms with Gasteiger partial charge in [-0.3, -0.25) is 10.2 Å². The zero-order chi connectivity index (χ0) is 29.2. The second kappa shape index (κ2) is 13.7. The molecule has 0 aliphatic rings.